The Labute approximate surface area is 199 Å². The molecule has 34 heavy (non-hydrogen) atoms. The number of carboxylic acids is 1. The molecule has 0 spiro atoms. The number of hydrogen-bond donors (Lipinski definition) is 5. The molecular formula is C25H32N4O5. The van der Waals surface area contributed by atoms with E-state index in [4.69, 9.17) is 10.6 Å². The van der Waals surface area contributed by atoms with E-state index in [0.717, 1.165) is 22.3 Å². The normalized spacial score (nSPS) is 14.1. The second-order valence-electron chi connectivity index (χ2n) is 8.69. The topological polar surface area (TPSA) is 143 Å². The summed E-state index contributed by atoms with van der Waals surface area (Å²) in [6, 6.07) is 14.0. The molecule has 1 aliphatic rings. The van der Waals surface area contributed by atoms with E-state index in [-0.39, 0.29) is 24.9 Å². The fourth-order valence-electron chi connectivity index (χ4n) is 4.23. The molecule has 6 N–H and O–H groups in total. The molecule has 0 heterocycles. The van der Waals surface area contributed by atoms with Crippen LogP contribution in [-0.4, -0.2) is 48.3 Å². The molecule has 1 aliphatic carbocycles. The summed E-state index contributed by atoms with van der Waals surface area (Å²) in [4.78, 5) is 36.9. The van der Waals surface area contributed by atoms with Crippen molar-refractivity contribution in [3.05, 3.63) is 59.7 Å². The first-order chi connectivity index (χ1) is 16.3. The number of nitrogens with one attached hydrogen (secondary N) is 3. The minimum atomic E-state index is -1.14. The van der Waals surface area contributed by atoms with E-state index in [0.29, 0.717) is 13.0 Å². The Morgan fingerprint density at radius 3 is 2.12 bits per heavy atom. The highest BCUT2D eigenvalue weighted by Gasteiger charge is 2.31. The van der Waals surface area contributed by atoms with Crippen LogP contribution < -0.4 is 21.9 Å². The van der Waals surface area contributed by atoms with Gasteiger partial charge in [-0.2, -0.15) is 0 Å². The van der Waals surface area contributed by atoms with E-state index in [1.807, 2.05) is 36.4 Å². The number of fused-ring (bicyclic) bond motifs is 3. The number of nitrogens with two attached hydrogens (primary N) is 1. The maximum Gasteiger partial charge on any atom is 0.407 e. The second kappa shape index (κ2) is 11.6. The van der Waals surface area contributed by atoms with Crippen molar-refractivity contribution in [1.82, 2.24) is 16.1 Å². The molecule has 2 amide bonds. The molecule has 0 aromatic heterocycles. The average Bonchev–Trinajstić information content (AvgIpc) is 3.14. The maximum absolute atomic E-state index is 12.8. The number of carbonyl (C=O) groups is 3. The van der Waals surface area contributed by atoms with Gasteiger partial charge < -0.3 is 20.5 Å². The summed E-state index contributed by atoms with van der Waals surface area (Å²) in [7, 11) is 0. The molecule has 9 heteroatoms. The first-order valence-corrected chi connectivity index (χ1v) is 11.4. The molecule has 2 aromatic rings. The van der Waals surface area contributed by atoms with Gasteiger partial charge in [-0.05, 0) is 41.0 Å². The van der Waals surface area contributed by atoms with E-state index in [2.05, 4.69) is 28.2 Å². The molecule has 9 nitrogen and oxygen atoms in total. The molecule has 2 aromatic carbocycles. The Morgan fingerprint density at radius 2 is 1.59 bits per heavy atom. The summed E-state index contributed by atoms with van der Waals surface area (Å²) in [5, 5.41) is 14.5. The van der Waals surface area contributed by atoms with E-state index in [9.17, 15) is 19.5 Å². The van der Waals surface area contributed by atoms with Crippen LogP contribution in [0.15, 0.2) is 48.5 Å². The molecule has 0 aliphatic heterocycles. The van der Waals surface area contributed by atoms with E-state index in [1.165, 1.54) is 0 Å². The van der Waals surface area contributed by atoms with Gasteiger partial charge in [0.25, 0.3) is 0 Å². The van der Waals surface area contributed by atoms with Gasteiger partial charge in [0.15, 0.2) is 0 Å². The number of hydrazine groups is 1. The van der Waals surface area contributed by atoms with Crippen molar-refractivity contribution in [2.45, 2.75) is 44.7 Å². The van der Waals surface area contributed by atoms with Crippen molar-refractivity contribution in [3.8, 4) is 11.1 Å². The predicted molar refractivity (Wildman–Crippen MR) is 128 cm³/mol. The lowest BCUT2D eigenvalue weighted by atomic mass is 9.98. The van der Waals surface area contributed by atoms with Crippen molar-refractivity contribution in [2.75, 3.05) is 13.2 Å². The second-order valence-corrected chi connectivity index (χ2v) is 8.69. The van der Waals surface area contributed by atoms with Gasteiger partial charge in [-0.3, -0.25) is 16.1 Å². The number of alkyl carbamates (subject to hydrolysis) is 1. The number of rotatable bonds is 11. The summed E-state index contributed by atoms with van der Waals surface area (Å²) < 4.78 is 5.53. The van der Waals surface area contributed by atoms with Gasteiger partial charge in [-0.25, -0.2) is 9.59 Å². The minimum Gasteiger partial charge on any atom is -0.480 e. The van der Waals surface area contributed by atoms with Crippen LogP contribution >= 0.6 is 0 Å². The molecule has 0 fully saturated rings. The van der Waals surface area contributed by atoms with Gasteiger partial charge in [0.05, 0.1) is 0 Å². The van der Waals surface area contributed by atoms with Crippen molar-refractivity contribution >= 4 is 18.0 Å². The van der Waals surface area contributed by atoms with Gasteiger partial charge in [-0.1, -0.05) is 62.4 Å². The van der Waals surface area contributed by atoms with Crippen LogP contribution in [0, 0.1) is 5.92 Å². The molecule has 0 saturated carbocycles. The fraction of sp³-hybridized carbons (Fsp3) is 0.400. The molecule has 0 unspecified atom stereocenters. The largest absolute Gasteiger partial charge is 0.480 e. The monoisotopic (exact) mass is 468 g/mol. The Bertz CT molecular complexity index is 980. The molecule has 0 bridgehead atoms. The van der Waals surface area contributed by atoms with Crippen molar-refractivity contribution < 1.29 is 24.2 Å². The smallest absolute Gasteiger partial charge is 0.407 e. The van der Waals surface area contributed by atoms with E-state index >= 15 is 0 Å². The standard InChI is InChI=1S/C25H32N4O5/c1-15(2)22(23(30)28-21(24(31)32)12-7-13-27-26)29-25(33)34-14-20-18-10-5-3-8-16(18)17-9-4-6-11-19(17)20/h3-6,8-11,15,20-22,27H,7,12-14,26H2,1-2H3,(H,28,30)(H,29,33)(H,31,32)/t21-,22-/m0/s1. The van der Waals surface area contributed by atoms with Gasteiger partial charge in [0, 0.05) is 12.5 Å². The zero-order valence-electron chi connectivity index (χ0n) is 19.4. The highest BCUT2D eigenvalue weighted by Crippen LogP contribution is 2.44. The highest BCUT2D eigenvalue weighted by molar-refractivity contribution is 5.89. The summed E-state index contributed by atoms with van der Waals surface area (Å²) >= 11 is 0. The van der Waals surface area contributed by atoms with Crippen molar-refractivity contribution in [3.63, 3.8) is 0 Å². The summed E-state index contributed by atoms with van der Waals surface area (Å²) in [5.74, 6) is 3.12. The Hall–Kier alpha value is -3.43. The van der Waals surface area contributed by atoms with Crippen LogP contribution in [-0.2, 0) is 14.3 Å². The number of amides is 2. The molecule has 182 valence electrons. The molecule has 3 rings (SSSR count). The van der Waals surface area contributed by atoms with Crippen LogP contribution in [0.2, 0.25) is 0 Å². The average molecular weight is 469 g/mol. The maximum atomic E-state index is 12.8. The molecule has 2 atom stereocenters. The SMILES string of the molecule is CC(C)[C@H](NC(=O)OCC1c2ccccc2-c2ccccc21)C(=O)N[C@@H](CCCNN)C(=O)O. The van der Waals surface area contributed by atoms with Crippen LogP contribution in [0.4, 0.5) is 4.79 Å². The molecule has 0 saturated heterocycles. The molecule has 0 radical (unpaired) electrons. The van der Waals surface area contributed by atoms with Crippen molar-refractivity contribution in [1.29, 1.82) is 0 Å². The van der Waals surface area contributed by atoms with Crippen LogP contribution in [0.1, 0.15) is 43.7 Å². The van der Waals surface area contributed by atoms with Gasteiger partial charge in [0.2, 0.25) is 5.91 Å². The van der Waals surface area contributed by atoms with E-state index in [1.54, 1.807) is 13.8 Å². The Morgan fingerprint density at radius 1 is 1.00 bits per heavy atom. The first-order valence-electron chi connectivity index (χ1n) is 11.4. The third-order valence-corrected chi connectivity index (χ3v) is 5.99. The zero-order chi connectivity index (χ0) is 24.7. The summed E-state index contributed by atoms with van der Waals surface area (Å²) in [6.07, 6.45) is -0.0454. The van der Waals surface area contributed by atoms with Crippen molar-refractivity contribution in [2.24, 2.45) is 11.8 Å². The van der Waals surface area contributed by atoms with Crippen LogP contribution in [0.5, 0.6) is 0 Å². The molecular weight excluding hydrogens is 436 g/mol. The minimum absolute atomic E-state index is 0.1000. The quantitative estimate of drug-likeness (QED) is 0.194. The number of ether oxygens (including phenoxy) is 1. The summed E-state index contributed by atoms with van der Waals surface area (Å²) in [6.45, 7) is 4.08. The lowest BCUT2D eigenvalue weighted by Gasteiger charge is -2.24. The Balaban J connectivity index is 1.62. The summed E-state index contributed by atoms with van der Waals surface area (Å²) in [5.41, 5.74) is 6.87. The van der Waals surface area contributed by atoms with E-state index < -0.39 is 30.1 Å². The van der Waals surface area contributed by atoms with Crippen LogP contribution in [0.3, 0.4) is 0 Å². The number of hydrogen-bond acceptors (Lipinski definition) is 6. The zero-order valence-corrected chi connectivity index (χ0v) is 19.4. The van der Waals surface area contributed by atoms with Gasteiger partial charge >= 0.3 is 12.1 Å². The number of carboxylic acid groups (broad SMARTS) is 1. The fourth-order valence-corrected chi connectivity index (χ4v) is 4.23. The first kappa shape index (κ1) is 25.2. The highest BCUT2D eigenvalue weighted by atomic mass is 16.5. The lowest BCUT2D eigenvalue weighted by Crippen LogP contribution is -2.54. The third-order valence-electron chi connectivity index (χ3n) is 5.99. The van der Waals surface area contributed by atoms with Gasteiger partial charge in [-0.15, -0.1) is 0 Å². The Kier molecular flexibility index (Phi) is 8.61. The lowest BCUT2D eigenvalue weighted by molar-refractivity contribution is -0.142. The predicted octanol–water partition coefficient (Wildman–Crippen LogP) is 2.36. The number of carbonyl (C=O) groups excluding carboxylic acids is 2. The third kappa shape index (κ3) is 5.92. The number of benzene rings is 2. The van der Waals surface area contributed by atoms with Crippen LogP contribution in [0.25, 0.3) is 11.1 Å². The van der Waals surface area contributed by atoms with Gasteiger partial charge in [0.1, 0.15) is 18.7 Å². The number of aliphatic carboxylic acids is 1.